The fourth-order valence-corrected chi connectivity index (χ4v) is 3.02. The van der Waals surface area contributed by atoms with Crippen LogP contribution in [0.15, 0.2) is 28.9 Å². The maximum Gasteiger partial charge on any atom is 0.416 e. The lowest BCUT2D eigenvalue weighted by molar-refractivity contribution is -0.137. The first-order valence-electron chi connectivity index (χ1n) is 5.76. The summed E-state index contributed by atoms with van der Waals surface area (Å²) in [6.45, 7) is 6.05. The SMILES string of the molecule is CC(C)(C)c1c(Br)cnc2cc(C(F)(F)F)ccc12. The summed E-state index contributed by atoms with van der Waals surface area (Å²) in [4.78, 5) is 4.08. The van der Waals surface area contributed by atoms with Gasteiger partial charge in [0.15, 0.2) is 0 Å². The van der Waals surface area contributed by atoms with Gasteiger partial charge in [-0.25, -0.2) is 0 Å². The van der Waals surface area contributed by atoms with E-state index < -0.39 is 11.7 Å². The molecule has 0 saturated heterocycles. The first-order valence-corrected chi connectivity index (χ1v) is 6.56. The molecule has 0 aliphatic carbocycles. The van der Waals surface area contributed by atoms with Crippen LogP contribution in [0.4, 0.5) is 13.2 Å². The highest BCUT2D eigenvalue weighted by Gasteiger charge is 2.31. The summed E-state index contributed by atoms with van der Waals surface area (Å²) < 4.78 is 38.9. The third-order valence-corrected chi connectivity index (χ3v) is 3.50. The Morgan fingerprint density at radius 2 is 1.74 bits per heavy atom. The largest absolute Gasteiger partial charge is 0.416 e. The molecular weight excluding hydrogens is 319 g/mol. The van der Waals surface area contributed by atoms with Gasteiger partial charge in [0, 0.05) is 16.1 Å². The summed E-state index contributed by atoms with van der Waals surface area (Å²) in [6.07, 6.45) is -2.78. The van der Waals surface area contributed by atoms with E-state index in [1.54, 1.807) is 6.20 Å². The maximum atomic E-state index is 12.7. The molecule has 0 spiro atoms. The Hall–Kier alpha value is -1.10. The Labute approximate surface area is 118 Å². The number of hydrogen-bond acceptors (Lipinski definition) is 1. The zero-order chi connectivity index (χ0) is 14.4. The van der Waals surface area contributed by atoms with E-state index in [-0.39, 0.29) is 5.41 Å². The van der Waals surface area contributed by atoms with Crippen LogP contribution in [-0.4, -0.2) is 4.98 Å². The van der Waals surface area contributed by atoms with Gasteiger partial charge in [-0.2, -0.15) is 13.2 Å². The molecule has 1 aromatic heterocycles. The van der Waals surface area contributed by atoms with Crippen molar-refractivity contribution < 1.29 is 13.2 Å². The zero-order valence-corrected chi connectivity index (χ0v) is 12.4. The van der Waals surface area contributed by atoms with Crippen LogP contribution in [0.3, 0.4) is 0 Å². The highest BCUT2D eigenvalue weighted by atomic mass is 79.9. The Morgan fingerprint density at radius 1 is 1.11 bits per heavy atom. The standard InChI is InChI=1S/C14H13BrF3N/c1-13(2,3)12-9-5-4-8(14(16,17)18)6-11(9)19-7-10(12)15/h4-7H,1-3H3. The second-order valence-corrected chi connectivity index (χ2v) is 6.32. The second kappa shape index (κ2) is 4.47. The highest BCUT2D eigenvalue weighted by Crippen LogP contribution is 2.37. The van der Waals surface area contributed by atoms with E-state index in [0.29, 0.717) is 5.52 Å². The molecule has 19 heavy (non-hydrogen) atoms. The van der Waals surface area contributed by atoms with Gasteiger partial charge < -0.3 is 0 Å². The van der Waals surface area contributed by atoms with Crippen LogP contribution < -0.4 is 0 Å². The van der Waals surface area contributed by atoms with E-state index in [0.717, 1.165) is 27.6 Å². The smallest absolute Gasteiger partial charge is 0.255 e. The van der Waals surface area contributed by atoms with Crippen molar-refractivity contribution in [3.63, 3.8) is 0 Å². The molecule has 0 N–H and O–H groups in total. The van der Waals surface area contributed by atoms with Crippen molar-refractivity contribution in [2.45, 2.75) is 32.4 Å². The van der Waals surface area contributed by atoms with E-state index in [1.165, 1.54) is 6.07 Å². The Kier molecular flexibility index (Phi) is 3.37. The summed E-state index contributed by atoms with van der Waals surface area (Å²) >= 11 is 3.43. The Balaban J connectivity index is 2.76. The van der Waals surface area contributed by atoms with Crippen molar-refractivity contribution in [3.05, 3.63) is 40.0 Å². The van der Waals surface area contributed by atoms with Crippen LogP contribution in [-0.2, 0) is 11.6 Å². The lowest BCUT2D eigenvalue weighted by Crippen LogP contribution is -2.13. The van der Waals surface area contributed by atoms with Gasteiger partial charge in [-0.05, 0) is 39.0 Å². The van der Waals surface area contributed by atoms with Crippen molar-refractivity contribution >= 4 is 26.8 Å². The van der Waals surface area contributed by atoms with Gasteiger partial charge in [0.1, 0.15) is 0 Å². The van der Waals surface area contributed by atoms with Crippen molar-refractivity contribution in [1.82, 2.24) is 4.98 Å². The number of pyridine rings is 1. The van der Waals surface area contributed by atoms with Gasteiger partial charge in [-0.3, -0.25) is 4.98 Å². The molecule has 0 unspecified atom stereocenters. The number of hydrogen-bond donors (Lipinski definition) is 0. The minimum absolute atomic E-state index is 0.181. The molecule has 1 heterocycles. The molecule has 1 nitrogen and oxygen atoms in total. The summed E-state index contributed by atoms with van der Waals surface area (Å²) in [6, 6.07) is 3.69. The Bertz CT molecular complexity index is 627. The normalized spacial score (nSPS) is 13.0. The molecule has 0 bridgehead atoms. The molecule has 2 rings (SSSR count). The molecule has 0 amide bonds. The third kappa shape index (κ3) is 2.76. The van der Waals surface area contributed by atoms with E-state index in [4.69, 9.17) is 0 Å². The predicted molar refractivity (Wildman–Crippen MR) is 73.1 cm³/mol. The van der Waals surface area contributed by atoms with Crippen molar-refractivity contribution in [2.24, 2.45) is 0 Å². The van der Waals surface area contributed by atoms with Crippen LogP contribution in [0, 0.1) is 0 Å². The van der Waals surface area contributed by atoms with Crippen LogP contribution >= 0.6 is 15.9 Å². The van der Waals surface area contributed by atoms with E-state index >= 15 is 0 Å². The fourth-order valence-electron chi connectivity index (χ4n) is 2.11. The van der Waals surface area contributed by atoms with Crippen LogP contribution in [0.25, 0.3) is 10.9 Å². The number of aromatic nitrogens is 1. The van der Waals surface area contributed by atoms with Gasteiger partial charge in [0.25, 0.3) is 0 Å². The minimum Gasteiger partial charge on any atom is -0.255 e. The van der Waals surface area contributed by atoms with Crippen LogP contribution in [0.2, 0.25) is 0 Å². The third-order valence-electron chi connectivity index (χ3n) is 2.90. The van der Waals surface area contributed by atoms with Crippen molar-refractivity contribution in [3.8, 4) is 0 Å². The van der Waals surface area contributed by atoms with Gasteiger partial charge in [-0.1, -0.05) is 26.8 Å². The number of halogens is 4. The van der Waals surface area contributed by atoms with E-state index in [2.05, 4.69) is 20.9 Å². The molecule has 5 heteroatoms. The second-order valence-electron chi connectivity index (χ2n) is 5.46. The molecule has 0 aliphatic rings. The van der Waals surface area contributed by atoms with Crippen LogP contribution in [0.5, 0.6) is 0 Å². The summed E-state index contributed by atoms with van der Waals surface area (Å²) in [5.41, 5.74) is 0.476. The number of benzene rings is 1. The average molecular weight is 332 g/mol. The fraction of sp³-hybridized carbons (Fsp3) is 0.357. The summed E-state index contributed by atoms with van der Waals surface area (Å²) in [7, 11) is 0. The molecule has 102 valence electrons. The van der Waals surface area contributed by atoms with Crippen molar-refractivity contribution in [2.75, 3.05) is 0 Å². The highest BCUT2D eigenvalue weighted by molar-refractivity contribution is 9.10. The monoisotopic (exact) mass is 331 g/mol. The topological polar surface area (TPSA) is 12.9 Å². The lowest BCUT2D eigenvalue weighted by atomic mass is 9.85. The van der Waals surface area contributed by atoms with Gasteiger partial charge in [0.05, 0.1) is 11.1 Å². The predicted octanol–water partition coefficient (Wildman–Crippen LogP) is 5.31. The first kappa shape index (κ1) is 14.3. The molecular formula is C14H13BrF3N. The molecule has 0 saturated carbocycles. The number of rotatable bonds is 0. The van der Waals surface area contributed by atoms with Gasteiger partial charge >= 0.3 is 6.18 Å². The first-order chi connectivity index (χ1) is 8.60. The molecule has 0 radical (unpaired) electrons. The van der Waals surface area contributed by atoms with Crippen molar-refractivity contribution in [1.29, 1.82) is 0 Å². The Morgan fingerprint density at radius 3 is 2.26 bits per heavy atom. The van der Waals surface area contributed by atoms with E-state index in [9.17, 15) is 13.2 Å². The maximum absolute atomic E-state index is 12.7. The van der Waals surface area contributed by atoms with Crippen LogP contribution in [0.1, 0.15) is 31.9 Å². The van der Waals surface area contributed by atoms with Gasteiger partial charge in [0.2, 0.25) is 0 Å². The molecule has 1 aromatic carbocycles. The summed E-state index contributed by atoms with van der Waals surface area (Å²) in [5, 5.41) is 0.745. The minimum atomic E-state index is -4.34. The average Bonchev–Trinajstić information content (AvgIpc) is 2.25. The molecule has 0 fully saturated rings. The molecule has 0 atom stereocenters. The van der Waals surface area contributed by atoms with Gasteiger partial charge in [-0.15, -0.1) is 0 Å². The number of alkyl halides is 3. The quantitative estimate of drug-likeness (QED) is 0.637. The lowest BCUT2D eigenvalue weighted by Gasteiger charge is -2.23. The zero-order valence-electron chi connectivity index (χ0n) is 10.8. The number of nitrogens with zero attached hydrogens (tertiary/aromatic N) is 1. The van der Waals surface area contributed by atoms with E-state index in [1.807, 2.05) is 20.8 Å². The number of fused-ring (bicyclic) bond motifs is 1. The molecule has 2 aromatic rings. The molecule has 0 aliphatic heterocycles. The summed E-state index contributed by atoms with van der Waals surface area (Å²) in [5.74, 6) is 0.